The summed E-state index contributed by atoms with van der Waals surface area (Å²) in [6.45, 7) is 2.82. The van der Waals surface area contributed by atoms with E-state index in [2.05, 4.69) is 6.92 Å². The molecule has 0 radical (unpaired) electrons. The molecule has 0 atom stereocenters. The van der Waals surface area contributed by atoms with Crippen molar-refractivity contribution in [1.82, 2.24) is 0 Å². The lowest BCUT2D eigenvalue weighted by Crippen LogP contribution is -2.02. The highest BCUT2D eigenvalue weighted by Gasteiger charge is 1.92. The zero-order chi connectivity index (χ0) is 10.6. The van der Waals surface area contributed by atoms with Gasteiger partial charge in [0.25, 0.3) is 0 Å². The van der Waals surface area contributed by atoms with Crippen molar-refractivity contribution in [1.29, 1.82) is 0 Å². The molecule has 0 heterocycles. The van der Waals surface area contributed by atoms with Crippen LogP contribution >= 0.6 is 0 Å². The van der Waals surface area contributed by atoms with Crippen LogP contribution in [0.5, 0.6) is 0 Å². The van der Waals surface area contributed by atoms with Gasteiger partial charge in [0.1, 0.15) is 0 Å². The molecule has 84 valence electrons. The maximum absolute atomic E-state index is 5.73. The molecule has 0 aliphatic carbocycles. The lowest BCUT2D eigenvalue weighted by Gasteiger charge is -2.01. The van der Waals surface area contributed by atoms with Gasteiger partial charge in [-0.15, -0.1) is 0 Å². The molecule has 0 fully saturated rings. The van der Waals surface area contributed by atoms with Gasteiger partial charge in [0.2, 0.25) is 0 Å². The second-order valence-corrected chi connectivity index (χ2v) is 3.89. The van der Waals surface area contributed by atoms with E-state index in [1.54, 1.807) is 0 Å². The zero-order valence-electron chi connectivity index (χ0n) is 9.60. The molecule has 0 unspecified atom stereocenters. The van der Waals surface area contributed by atoms with Crippen LogP contribution in [0.15, 0.2) is 11.8 Å². The van der Waals surface area contributed by atoms with E-state index in [-0.39, 0.29) is 0 Å². The summed E-state index contributed by atoms with van der Waals surface area (Å²) in [5.41, 5.74) is 12.0. The average Bonchev–Trinajstić information content (AvgIpc) is 2.17. The molecule has 0 aliphatic heterocycles. The fraction of sp³-hybridized carbons (Fsp3) is 0.833. The predicted octanol–water partition coefficient (Wildman–Crippen LogP) is 2.93. The van der Waals surface area contributed by atoms with Crippen LogP contribution in [-0.4, -0.2) is 6.54 Å². The van der Waals surface area contributed by atoms with Crippen molar-refractivity contribution >= 4 is 0 Å². The molecular weight excluding hydrogens is 172 g/mol. The third-order valence-corrected chi connectivity index (χ3v) is 2.45. The summed E-state index contributed by atoms with van der Waals surface area (Å²) in [5, 5.41) is 0. The van der Waals surface area contributed by atoms with Gasteiger partial charge in [0, 0.05) is 12.2 Å². The van der Waals surface area contributed by atoms with E-state index in [0.29, 0.717) is 6.54 Å². The molecule has 0 saturated carbocycles. The molecule has 0 aromatic heterocycles. The number of unbranched alkanes of at least 4 members (excludes halogenated alkanes) is 6. The fourth-order valence-corrected chi connectivity index (χ4v) is 1.54. The van der Waals surface area contributed by atoms with Crippen LogP contribution in [0.1, 0.15) is 58.3 Å². The lowest BCUT2D eigenvalue weighted by molar-refractivity contribution is 0.587. The standard InChI is InChI=1S/C12H26N2/c1-2-3-4-5-6-7-8-9-12(14)10-11-13/h10H,2-9,11,13-14H2,1H3. The van der Waals surface area contributed by atoms with Crippen molar-refractivity contribution in [2.24, 2.45) is 11.5 Å². The number of hydrogen-bond donors (Lipinski definition) is 2. The Bertz CT molecular complexity index is 141. The fourth-order valence-electron chi connectivity index (χ4n) is 1.54. The van der Waals surface area contributed by atoms with Crippen LogP contribution in [0.25, 0.3) is 0 Å². The molecular formula is C12H26N2. The van der Waals surface area contributed by atoms with Crippen molar-refractivity contribution in [2.45, 2.75) is 58.3 Å². The summed E-state index contributed by atoms with van der Waals surface area (Å²) in [6, 6.07) is 0. The maximum Gasteiger partial charge on any atom is 0.0126 e. The summed E-state index contributed by atoms with van der Waals surface area (Å²) in [6.07, 6.45) is 12.3. The molecule has 0 spiro atoms. The van der Waals surface area contributed by atoms with E-state index < -0.39 is 0 Å². The zero-order valence-corrected chi connectivity index (χ0v) is 9.60. The maximum atomic E-state index is 5.73. The average molecular weight is 198 g/mol. The third kappa shape index (κ3) is 9.59. The van der Waals surface area contributed by atoms with E-state index in [0.717, 1.165) is 12.1 Å². The highest BCUT2D eigenvalue weighted by molar-refractivity contribution is 4.96. The Balaban J connectivity index is 3.09. The van der Waals surface area contributed by atoms with Crippen LogP contribution < -0.4 is 11.5 Å². The quantitative estimate of drug-likeness (QED) is 0.560. The van der Waals surface area contributed by atoms with Crippen LogP contribution in [-0.2, 0) is 0 Å². The summed E-state index contributed by atoms with van der Waals surface area (Å²) < 4.78 is 0. The molecule has 0 bridgehead atoms. The number of rotatable bonds is 9. The van der Waals surface area contributed by atoms with Crippen molar-refractivity contribution in [3.63, 3.8) is 0 Å². The topological polar surface area (TPSA) is 52.0 Å². The predicted molar refractivity (Wildman–Crippen MR) is 63.9 cm³/mol. The normalized spacial score (nSPS) is 12.0. The van der Waals surface area contributed by atoms with E-state index in [9.17, 15) is 0 Å². The van der Waals surface area contributed by atoms with Gasteiger partial charge in [0.15, 0.2) is 0 Å². The van der Waals surface area contributed by atoms with Crippen molar-refractivity contribution in [3.8, 4) is 0 Å². The first-order valence-electron chi connectivity index (χ1n) is 5.95. The summed E-state index contributed by atoms with van der Waals surface area (Å²) in [4.78, 5) is 0. The van der Waals surface area contributed by atoms with Gasteiger partial charge in [-0.1, -0.05) is 51.5 Å². The largest absolute Gasteiger partial charge is 0.402 e. The Hall–Kier alpha value is -0.500. The van der Waals surface area contributed by atoms with Crippen LogP contribution in [0.3, 0.4) is 0 Å². The van der Waals surface area contributed by atoms with Crippen molar-refractivity contribution < 1.29 is 0 Å². The third-order valence-electron chi connectivity index (χ3n) is 2.45. The minimum absolute atomic E-state index is 0.572. The van der Waals surface area contributed by atoms with Gasteiger partial charge >= 0.3 is 0 Å². The number of nitrogens with two attached hydrogens (primary N) is 2. The first-order valence-corrected chi connectivity index (χ1v) is 5.95. The minimum Gasteiger partial charge on any atom is -0.402 e. The molecule has 0 aromatic rings. The molecule has 2 nitrogen and oxygen atoms in total. The van der Waals surface area contributed by atoms with Gasteiger partial charge in [-0.05, 0) is 12.8 Å². The van der Waals surface area contributed by atoms with Crippen molar-refractivity contribution in [2.75, 3.05) is 6.54 Å². The minimum atomic E-state index is 0.572. The summed E-state index contributed by atoms with van der Waals surface area (Å²) >= 11 is 0. The molecule has 14 heavy (non-hydrogen) atoms. The van der Waals surface area contributed by atoms with Gasteiger partial charge < -0.3 is 11.5 Å². The van der Waals surface area contributed by atoms with E-state index in [1.807, 2.05) is 6.08 Å². The lowest BCUT2D eigenvalue weighted by atomic mass is 10.1. The first kappa shape index (κ1) is 13.5. The van der Waals surface area contributed by atoms with Gasteiger partial charge in [-0.3, -0.25) is 0 Å². The second-order valence-electron chi connectivity index (χ2n) is 3.89. The Morgan fingerprint density at radius 3 is 2.14 bits per heavy atom. The molecule has 4 N–H and O–H groups in total. The molecule has 0 saturated heterocycles. The van der Waals surface area contributed by atoms with Crippen LogP contribution in [0, 0.1) is 0 Å². The monoisotopic (exact) mass is 198 g/mol. The smallest absolute Gasteiger partial charge is 0.0126 e. The summed E-state index contributed by atoms with van der Waals surface area (Å²) in [7, 11) is 0. The number of allylic oxidation sites excluding steroid dienone is 1. The molecule has 0 aromatic carbocycles. The highest BCUT2D eigenvalue weighted by atomic mass is 14.6. The Morgan fingerprint density at radius 2 is 1.57 bits per heavy atom. The molecule has 2 heteroatoms. The second kappa shape index (κ2) is 10.6. The highest BCUT2D eigenvalue weighted by Crippen LogP contribution is 2.09. The van der Waals surface area contributed by atoms with E-state index in [4.69, 9.17) is 11.5 Å². The molecule has 0 aliphatic rings. The van der Waals surface area contributed by atoms with Crippen LogP contribution in [0.2, 0.25) is 0 Å². The van der Waals surface area contributed by atoms with E-state index >= 15 is 0 Å². The number of hydrogen-bond acceptors (Lipinski definition) is 2. The Morgan fingerprint density at radius 1 is 1.00 bits per heavy atom. The molecule has 0 rings (SSSR count). The van der Waals surface area contributed by atoms with Gasteiger partial charge in [-0.2, -0.15) is 0 Å². The van der Waals surface area contributed by atoms with Crippen LogP contribution in [0.4, 0.5) is 0 Å². The first-order chi connectivity index (χ1) is 6.81. The molecule has 0 amide bonds. The Kier molecular flexibility index (Phi) is 10.2. The van der Waals surface area contributed by atoms with E-state index in [1.165, 1.54) is 44.9 Å². The van der Waals surface area contributed by atoms with Gasteiger partial charge in [-0.25, -0.2) is 0 Å². The SMILES string of the molecule is CCCCCCCCCC(N)=CCN. The van der Waals surface area contributed by atoms with Crippen molar-refractivity contribution in [3.05, 3.63) is 11.8 Å². The van der Waals surface area contributed by atoms with Gasteiger partial charge in [0.05, 0.1) is 0 Å². The Labute approximate surface area is 88.7 Å². The summed E-state index contributed by atoms with van der Waals surface area (Å²) in [5.74, 6) is 0.